The van der Waals surface area contributed by atoms with E-state index in [0.29, 0.717) is 17.3 Å². The van der Waals surface area contributed by atoms with Gasteiger partial charge in [-0.15, -0.1) is 0 Å². The van der Waals surface area contributed by atoms with Gasteiger partial charge in [0.25, 0.3) is 0 Å². The molecule has 5 nitrogen and oxygen atoms in total. The van der Waals surface area contributed by atoms with Gasteiger partial charge in [-0.3, -0.25) is 4.40 Å². The highest BCUT2D eigenvalue weighted by Gasteiger charge is 2.17. The number of methoxy groups -OCH3 is 2. The second kappa shape index (κ2) is 5.29. The zero-order valence-corrected chi connectivity index (χ0v) is 13.2. The molecule has 0 aliphatic heterocycles. The number of aromatic nitrogens is 2. The summed E-state index contributed by atoms with van der Waals surface area (Å²) >= 11 is 3.49. The van der Waals surface area contributed by atoms with Gasteiger partial charge in [-0.1, -0.05) is 0 Å². The summed E-state index contributed by atoms with van der Waals surface area (Å²) in [4.78, 5) is 4.62. The van der Waals surface area contributed by atoms with Crippen LogP contribution in [0.3, 0.4) is 0 Å². The Kier molecular flexibility index (Phi) is 3.47. The van der Waals surface area contributed by atoms with Crippen LogP contribution in [0.2, 0.25) is 0 Å². The predicted octanol–water partition coefficient (Wildman–Crippen LogP) is 3.36. The minimum atomic E-state index is 0.554. The molecule has 108 valence electrons. The van der Waals surface area contributed by atoms with E-state index in [-0.39, 0.29) is 0 Å². The maximum atomic E-state index is 6.24. The highest BCUT2D eigenvalue weighted by atomic mass is 79.9. The molecular weight excluding hydrogens is 334 g/mol. The van der Waals surface area contributed by atoms with Gasteiger partial charge < -0.3 is 15.2 Å². The van der Waals surface area contributed by atoms with Crippen LogP contribution in [-0.4, -0.2) is 23.6 Å². The first-order chi connectivity index (χ1) is 10.2. The highest BCUT2D eigenvalue weighted by Crippen LogP contribution is 2.37. The van der Waals surface area contributed by atoms with Gasteiger partial charge in [0.1, 0.15) is 23.0 Å². The molecule has 2 heterocycles. The quantitative estimate of drug-likeness (QED) is 0.788. The Labute approximate surface area is 130 Å². The first-order valence-electron chi connectivity index (χ1n) is 6.30. The average molecular weight is 348 g/mol. The van der Waals surface area contributed by atoms with Crippen LogP contribution in [0.4, 0.5) is 5.82 Å². The molecule has 2 N–H and O–H groups in total. The van der Waals surface area contributed by atoms with E-state index < -0.39 is 0 Å². The number of ether oxygens (including phenoxy) is 2. The van der Waals surface area contributed by atoms with Gasteiger partial charge in [-0.2, -0.15) is 0 Å². The standard InChI is InChI=1S/C15H14BrN3O2/c1-20-9-5-6-12(21-2)10(8-9)13-14(17)19-7-3-4-11(16)15(19)18-13/h3-8H,17H2,1-2H3. The van der Waals surface area contributed by atoms with Crippen LogP contribution in [0.15, 0.2) is 41.0 Å². The van der Waals surface area contributed by atoms with Crippen LogP contribution >= 0.6 is 15.9 Å². The van der Waals surface area contributed by atoms with E-state index in [2.05, 4.69) is 20.9 Å². The molecule has 0 radical (unpaired) electrons. The van der Waals surface area contributed by atoms with Gasteiger partial charge >= 0.3 is 0 Å². The Hall–Kier alpha value is -2.21. The van der Waals surface area contributed by atoms with E-state index in [1.807, 2.05) is 40.9 Å². The Balaban J connectivity index is 2.30. The number of pyridine rings is 1. The fraction of sp³-hybridized carbons (Fsp3) is 0.133. The van der Waals surface area contributed by atoms with Crippen molar-refractivity contribution in [1.29, 1.82) is 0 Å². The van der Waals surface area contributed by atoms with E-state index in [0.717, 1.165) is 21.4 Å². The van der Waals surface area contributed by atoms with Crippen molar-refractivity contribution in [2.45, 2.75) is 0 Å². The van der Waals surface area contributed by atoms with Crippen molar-refractivity contribution in [3.8, 4) is 22.8 Å². The minimum absolute atomic E-state index is 0.554. The van der Waals surface area contributed by atoms with Crippen molar-refractivity contribution >= 4 is 27.4 Å². The van der Waals surface area contributed by atoms with Crippen LogP contribution in [0.5, 0.6) is 11.5 Å². The molecule has 0 spiro atoms. The number of benzene rings is 1. The van der Waals surface area contributed by atoms with Crippen molar-refractivity contribution in [2.24, 2.45) is 0 Å². The molecule has 0 fully saturated rings. The third-order valence-corrected chi connectivity index (χ3v) is 3.92. The average Bonchev–Trinajstić information content (AvgIpc) is 2.85. The van der Waals surface area contributed by atoms with E-state index in [9.17, 15) is 0 Å². The van der Waals surface area contributed by atoms with Gasteiger partial charge in [0, 0.05) is 11.8 Å². The summed E-state index contributed by atoms with van der Waals surface area (Å²) in [6, 6.07) is 9.37. The highest BCUT2D eigenvalue weighted by molar-refractivity contribution is 9.10. The number of fused-ring (bicyclic) bond motifs is 1. The SMILES string of the molecule is COc1ccc(OC)c(-c2nc3c(Br)cccn3c2N)c1. The Morgan fingerprint density at radius 3 is 2.67 bits per heavy atom. The molecule has 1 aromatic carbocycles. The zero-order chi connectivity index (χ0) is 15.0. The zero-order valence-electron chi connectivity index (χ0n) is 11.6. The lowest BCUT2D eigenvalue weighted by Gasteiger charge is -2.09. The molecule has 3 aromatic rings. The number of nitrogen functional groups attached to an aromatic ring is 1. The van der Waals surface area contributed by atoms with Crippen LogP contribution < -0.4 is 15.2 Å². The lowest BCUT2D eigenvalue weighted by molar-refractivity contribution is 0.404. The summed E-state index contributed by atoms with van der Waals surface area (Å²) < 4.78 is 13.4. The van der Waals surface area contributed by atoms with Crippen molar-refractivity contribution in [3.05, 3.63) is 41.0 Å². The molecule has 0 aliphatic rings. The van der Waals surface area contributed by atoms with Crippen LogP contribution in [0, 0.1) is 0 Å². The van der Waals surface area contributed by atoms with E-state index >= 15 is 0 Å². The van der Waals surface area contributed by atoms with Gasteiger partial charge in [-0.05, 0) is 46.3 Å². The van der Waals surface area contributed by atoms with Gasteiger partial charge in [0.15, 0.2) is 5.65 Å². The molecular formula is C15H14BrN3O2. The van der Waals surface area contributed by atoms with Crippen LogP contribution in [0.1, 0.15) is 0 Å². The number of hydrogen-bond acceptors (Lipinski definition) is 4. The van der Waals surface area contributed by atoms with E-state index in [1.165, 1.54) is 0 Å². The number of hydrogen-bond donors (Lipinski definition) is 1. The monoisotopic (exact) mass is 347 g/mol. The first kappa shape index (κ1) is 13.8. The largest absolute Gasteiger partial charge is 0.497 e. The molecule has 0 saturated heterocycles. The second-order valence-electron chi connectivity index (χ2n) is 4.46. The molecule has 0 aliphatic carbocycles. The smallest absolute Gasteiger partial charge is 0.153 e. The normalized spacial score (nSPS) is 10.8. The number of imidazole rings is 1. The third kappa shape index (κ3) is 2.21. The molecule has 0 bridgehead atoms. The van der Waals surface area contributed by atoms with Crippen LogP contribution in [-0.2, 0) is 0 Å². The lowest BCUT2D eigenvalue weighted by Crippen LogP contribution is -1.96. The topological polar surface area (TPSA) is 61.8 Å². The number of anilines is 1. The summed E-state index contributed by atoms with van der Waals surface area (Å²) in [6.45, 7) is 0. The molecule has 0 saturated carbocycles. The van der Waals surface area contributed by atoms with Crippen molar-refractivity contribution in [2.75, 3.05) is 20.0 Å². The van der Waals surface area contributed by atoms with Gasteiger partial charge in [0.05, 0.1) is 18.7 Å². The fourth-order valence-corrected chi connectivity index (χ4v) is 2.68. The van der Waals surface area contributed by atoms with Crippen molar-refractivity contribution in [3.63, 3.8) is 0 Å². The molecule has 2 aromatic heterocycles. The second-order valence-corrected chi connectivity index (χ2v) is 5.32. The summed E-state index contributed by atoms with van der Waals surface area (Å²) in [7, 11) is 3.24. The van der Waals surface area contributed by atoms with E-state index in [4.69, 9.17) is 15.2 Å². The predicted molar refractivity (Wildman–Crippen MR) is 85.8 cm³/mol. The van der Waals surface area contributed by atoms with Gasteiger partial charge in [0.2, 0.25) is 0 Å². The first-order valence-corrected chi connectivity index (χ1v) is 7.09. The van der Waals surface area contributed by atoms with Gasteiger partial charge in [-0.25, -0.2) is 4.98 Å². The lowest BCUT2D eigenvalue weighted by atomic mass is 10.1. The number of nitrogens with zero attached hydrogens (tertiary/aromatic N) is 2. The summed E-state index contributed by atoms with van der Waals surface area (Å²) in [6.07, 6.45) is 1.87. The Morgan fingerprint density at radius 1 is 1.19 bits per heavy atom. The van der Waals surface area contributed by atoms with Crippen molar-refractivity contribution in [1.82, 2.24) is 9.38 Å². The van der Waals surface area contributed by atoms with Crippen LogP contribution in [0.25, 0.3) is 16.9 Å². The number of nitrogens with two attached hydrogens (primary N) is 1. The van der Waals surface area contributed by atoms with E-state index in [1.54, 1.807) is 14.2 Å². The molecule has 21 heavy (non-hydrogen) atoms. The summed E-state index contributed by atoms with van der Waals surface area (Å²) in [5.74, 6) is 1.97. The minimum Gasteiger partial charge on any atom is -0.497 e. The molecule has 6 heteroatoms. The Morgan fingerprint density at radius 2 is 2.00 bits per heavy atom. The summed E-state index contributed by atoms with van der Waals surface area (Å²) in [5.41, 5.74) is 8.46. The van der Waals surface area contributed by atoms with Crippen molar-refractivity contribution < 1.29 is 9.47 Å². The molecule has 0 unspecified atom stereocenters. The maximum absolute atomic E-state index is 6.24. The maximum Gasteiger partial charge on any atom is 0.153 e. The molecule has 3 rings (SSSR count). The third-order valence-electron chi connectivity index (χ3n) is 3.30. The number of halogens is 1. The summed E-state index contributed by atoms with van der Waals surface area (Å²) in [5, 5.41) is 0. The molecule has 0 amide bonds. The fourth-order valence-electron chi connectivity index (χ4n) is 2.25. The Bertz CT molecular complexity index is 814. The number of rotatable bonds is 3. The molecule has 0 atom stereocenters.